The van der Waals surface area contributed by atoms with E-state index in [-0.39, 0.29) is 11.9 Å². The smallest absolute Gasteiger partial charge is 0.251 e. The van der Waals surface area contributed by atoms with Gasteiger partial charge in [0.2, 0.25) is 0 Å². The van der Waals surface area contributed by atoms with Crippen LogP contribution in [0.25, 0.3) is 11.3 Å². The van der Waals surface area contributed by atoms with E-state index in [0.29, 0.717) is 36.1 Å². The van der Waals surface area contributed by atoms with Gasteiger partial charge in [0, 0.05) is 30.8 Å². The second-order valence-electron chi connectivity index (χ2n) is 5.98. The summed E-state index contributed by atoms with van der Waals surface area (Å²) in [6, 6.07) is 8.52. The Hall–Kier alpha value is -3.33. The van der Waals surface area contributed by atoms with E-state index in [1.807, 2.05) is 23.6 Å². The predicted octanol–water partition coefficient (Wildman–Crippen LogP) is 1.45. The number of amides is 1. The van der Waals surface area contributed by atoms with Crippen molar-refractivity contribution in [2.24, 2.45) is 0 Å². The van der Waals surface area contributed by atoms with Crippen LogP contribution >= 0.6 is 0 Å². The van der Waals surface area contributed by atoms with Gasteiger partial charge in [-0.1, -0.05) is 12.1 Å². The molecule has 0 spiro atoms. The third kappa shape index (κ3) is 4.45. The number of aromatic nitrogens is 5. The Morgan fingerprint density at radius 3 is 2.78 bits per heavy atom. The van der Waals surface area contributed by atoms with E-state index < -0.39 is 0 Å². The molecule has 0 bridgehead atoms. The summed E-state index contributed by atoms with van der Waals surface area (Å²) in [4.78, 5) is 20.6. The van der Waals surface area contributed by atoms with Crippen LogP contribution in [-0.2, 0) is 11.3 Å². The van der Waals surface area contributed by atoms with Gasteiger partial charge in [-0.3, -0.25) is 4.79 Å². The molecule has 0 radical (unpaired) electrons. The number of carbonyl (C=O) groups is 1. The summed E-state index contributed by atoms with van der Waals surface area (Å²) in [5.74, 6) is 0.874. The van der Waals surface area contributed by atoms with Gasteiger partial charge < -0.3 is 20.4 Å². The molecule has 1 amide bonds. The molecule has 1 atom stereocenters. The van der Waals surface area contributed by atoms with Crippen LogP contribution in [0.5, 0.6) is 0 Å². The summed E-state index contributed by atoms with van der Waals surface area (Å²) in [7, 11) is 1.63. The van der Waals surface area contributed by atoms with Crippen molar-refractivity contribution in [1.29, 1.82) is 0 Å². The van der Waals surface area contributed by atoms with Gasteiger partial charge in [0.25, 0.3) is 5.91 Å². The molecule has 3 aromatic rings. The van der Waals surface area contributed by atoms with Crippen molar-refractivity contribution in [3.8, 4) is 11.3 Å². The minimum Gasteiger partial charge on any atom is -0.384 e. The number of benzene rings is 1. The molecule has 0 aliphatic rings. The molecule has 1 unspecified atom stereocenters. The lowest BCUT2D eigenvalue weighted by atomic mass is 10.1. The van der Waals surface area contributed by atoms with Gasteiger partial charge in [0.1, 0.15) is 18.5 Å². The lowest BCUT2D eigenvalue weighted by molar-refractivity contribution is 0.0937. The molecule has 0 aliphatic heterocycles. The SMILES string of the molecule is COCCn1cnnc1C(C)NC(=O)c1ccc(-c2cc(N)ncn2)cc1. The molecule has 2 heterocycles. The standard InChI is InChI=1S/C18H21N7O2/c1-12(17-24-22-11-25(17)7-8-27-2)23-18(26)14-5-3-13(4-6-14)15-9-16(19)21-10-20-15/h3-6,9-12H,7-8H2,1-2H3,(H,23,26)(H2,19,20,21). The van der Waals surface area contributed by atoms with Gasteiger partial charge in [0.05, 0.1) is 18.3 Å². The number of nitrogen functional groups attached to an aromatic ring is 1. The summed E-state index contributed by atoms with van der Waals surface area (Å²) in [6.07, 6.45) is 3.03. The van der Waals surface area contributed by atoms with Gasteiger partial charge >= 0.3 is 0 Å². The largest absolute Gasteiger partial charge is 0.384 e. The maximum Gasteiger partial charge on any atom is 0.251 e. The molecule has 0 fully saturated rings. The first kappa shape index (κ1) is 18.5. The molecule has 3 rings (SSSR count). The number of anilines is 1. The van der Waals surface area contributed by atoms with Crippen molar-refractivity contribution in [2.45, 2.75) is 19.5 Å². The number of hydrogen-bond donors (Lipinski definition) is 2. The number of methoxy groups -OCH3 is 1. The summed E-state index contributed by atoms with van der Waals surface area (Å²) in [5.41, 5.74) is 7.78. The highest BCUT2D eigenvalue weighted by atomic mass is 16.5. The van der Waals surface area contributed by atoms with Gasteiger partial charge in [-0.25, -0.2) is 9.97 Å². The summed E-state index contributed by atoms with van der Waals surface area (Å²) < 4.78 is 6.93. The number of hydrogen-bond acceptors (Lipinski definition) is 7. The minimum absolute atomic E-state index is 0.197. The van der Waals surface area contributed by atoms with Crippen molar-refractivity contribution < 1.29 is 9.53 Å². The highest BCUT2D eigenvalue weighted by Gasteiger charge is 2.16. The Labute approximate surface area is 156 Å². The van der Waals surface area contributed by atoms with E-state index in [9.17, 15) is 4.79 Å². The lowest BCUT2D eigenvalue weighted by Crippen LogP contribution is -2.29. The zero-order valence-corrected chi connectivity index (χ0v) is 15.2. The van der Waals surface area contributed by atoms with E-state index in [4.69, 9.17) is 10.5 Å². The van der Waals surface area contributed by atoms with Crippen LogP contribution in [0.3, 0.4) is 0 Å². The third-order valence-corrected chi connectivity index (χ3v) is 4.05. The fourth-order valence-electron chi connectivity index (χ4n) is 2.63. The monoisotopic (exact) mass is 367 g/mol. The van der Waals surface area contributed by atoms with E-state index in [0.717, 1.165) is 5.56 Å². The highest BCUT2D eigenvalue weighted by Crippen LogP contribution is 2.19. The topological polar surface area (TPSA) is 121 Å². The van der Waals surface area contributed by atoms with Gasteiger partial charge in [0.15, 0.2) is 5.82 Å². The van der Waals surface area contributed by atoms with E-state index in [1.54, 1.807) is 31.6 Å². The molecule has 27 heavy (non-hydrogen) atoms. The van der Waals surface area contributed by atoms with Crippen LogP contribution in [0, 0.1) is 0 Å². The predicted molar refractivity (Wildman–Crippen MR) is 99.7 cm³/mol. The summed E-state index contributed by atoms with van der Waals surface area (Å²) >= 11 is 0. The second-order valence-corrected chi connectivity index (χ2v) is 5.98. The number of nitrogens with one attached hydrogen (secondary N) is 1. The molecular weight excluding hydrogens is 346 g/mol. The van der Waals surface area contributed by atoms with Crippen LogP contribution < -0.4 is 11.1 Å². The van der Waals surface area contributed by atoms with Gasteiger partial charge in [-0.05, 0) is 19.1 Å². The number of carbonyl (C=O) groups excluding carboxylic acids is 1. The highest BCUT2D eigenvalue weighted by molar-refractivity contribution is 5.94. The van der Waals surface area contributed by atoms with Crippen LogP contribution in [0.1, 0.15) is 29.1 Å². The Kier molecular flexibility index (Phi) is 5.72. The first-order valence-corrected chi connectivity index (χ1v) is 8.44. The average Bonchev–Trinajstić information content (AvgIpc) is 3.15. The normalized spacial score (nSPS) is 11.9. The number of rotatable bonds is 7. The zero-order chi connectivity index (χ0) is 19.2. The van der Waals surface area contributed by atoms with Crippen molar-refractivity contribution in [3.05, 3.63) is 54.4 Å². The molecule has 140 valence electrons. The lowest BCUT2D eigenvalue weighted by Gasteiger charge is -2.15. The minimum atomic E-state index is -0.293. The number of ether oxygens (including phenoxy) is 1. The maximum atomic E-state index is 12.5. The van der Waals surface area contributed by atoms with E-state index in [1.165, 1.54) is 6.33 Å². The first-order valence-electron chi connectivity index (χ1n) is 8.44. The fraction of sp³-hybridized carbons (Fsp3) is 0.278. The van der Waals surface area contributed by atoms with Crippen LogP contribution in [-0.4, -0.2) is 44.4 Å². The van der Waals surface area contributed by atoms with Gasteiger partial charge in [-0.2, -0.15) is 0 Å². The number of nitrogens with zero attached hydrogens (tertiary/aromatic N) is 5. The Morgan fingerprint density at radius 1 is 1.30 bits per heavy atom. The third-order valence-electron chi connectivity index (χ3n) is 4.05. The molecule has 0 saturated heterocycles. The molecule has 1 aromatic carbocycles. The molecule has 9 nitrogen and oxygen atoms in total. The Balaban J connectivity index is 1.68. The van der Waals surface area contributed by atoms with E-state index >= 15 is 0 Å². The molecule has 9 heteroatoms. The quantitative estimate of drug-likeness (QED) is 0.648. The van der Waals surface area contributed by atoms with Crippen molar-refractivity contribution in [2.75, 3.05) is 19.5 Å². The van der Waals surface area contributed by atoms with Crippen LogP contribution in [0.4, 0.5) is 5.82 Å². The van der Waals surface area contributed by atoms with Crippen molar-refractivity contribution in [3.63, 3.8) is 0 Å². The molecular formula is C18H21N7O2. The molecule has 3 N–H and O–H groups in total. The Bertz CT molecular complexity index is 908. The summed E-state index contributed by atoms with van der Waals surface area (Å²) in [5, 5.41) is 10.9. The molecule has 0 aliphatic carbocycles. The van der Waals surface area contributed by atoms with Crippen molar-refractivity contribution in [1.82, 2.24) is 30.0 Å². The van der Waals surface area contributed by atoms with E-state index in [2.05, 4.69) is 25.5 Å². The second kappa shape index (κ2) is 8.37. The maximum absolute atomic E-state index is 12.5. The first-order chi connectivity index (χ1) is 13.1. The average molecular weight is 367 g/mol. The Morgan fingerprint density at radius 2 is 2.07 bits per heavy atom. The van der Waals surface area contributed by atoms with Crippen molar-refractivity contribution >= 4 is 11.7 Å². The number of nitrogens with two attached hydrogens (primary N) is 1. The van der Waals surface area contributed by atoms with Crippen LogP contribution in [0.2, 0.25) is 0 Å². The van der Waals surface area contributed by atoms with Gasteiger partial charge in [-0.15, -0.1) is 10.2 Å². The molecule has 0 saturated carbocycles. The fourth-order valence-corrected chi connectivity index (χ4v) is 2.63. The zero-order valence-electron chi connectivity index (χ0n) is 15.2. The molecule has 2 aromatic heterocycles. The summed E-state index contributed by atoms with van der Waals surface area (Å²) in [6.45, 7) is 3.03. The van der Waals surface area contributed by atoms with Crippen LogP contribution in [0.15, 0.2) is 43.0 Å².